The van der Waals surface area contributed by atoms with Crippen molar-refractivity contribution >= 4 is 22.8 Å². The summed E-state index contributed by atoms with van der Waals surface area (Å²) in [6.07, 6.45) is 5.67. The van der Waals surface area contributed by atoms with Gasteiger partial charge < -0.3 is 9.88 Å². The summed E-state index contributed by atoms with van der Waals surface area (Å²) in [5.74, 6) is 1.93. The third kappa shape index (κ3) is 2.72. The molecule has 0 unspecified atom stereocenters. The molecular formula is C21H26N6O. The van der Waals surface area contributed by atoms with Gasteiger partial charge in [0.2, 0.25) is 5.91 Å². The zero-order valence-corrected chi connectivity index (χ0v) is 16.8. The summed E-state index contributed by atoms with van der Waals surface area (Å²) in [6, 6.07) is 1.94. The number of pyridine rings is 1. The molecule has 2 aliphatic carbocycles. The van der Waals surface area contributed by atoms with Gasteiger partial charge in [0.15, 0.2) is 11.5 Å². The number of aromatic amines is 2. The van der Waals surface area contributed by atoms with Crippen molar-refractivity contribution in [3.8, 4) is 11.5 Å². The van der Waals surface area contributed by atoms with Crippen LogP contribution in [0, 0.1) is 17.3 Å². The lowest BCUT2D eigenvalue weighted by Crippen LogP contribution is -2.27. The monoisotopic (exact) mass is 378 g/mol. The van der Waals surface area contributed by atoms with E-state index in [1.165, 1.54) is 17.7 Å². The SMILES string of the molecule is CC(C)CC(=O)N(C)c1cnc2nc(-c3n[nH]c4c3C[C@@H]3C[C@]3(C)C4)[nH]c2c1. The van der Waals surface area contributed by atoms with E-state index in [9.17, 15) is 4.79 Å². The first-order valence-electron chi connectivity index (χ1n) is 10.0. The number of nitrogens with one attached hydrogen (secondary N) is 2. The number of amides is 1. The van der Waals surface area contributed by atoms with Crippen molar-refractivity contribution in [1.82, 2.24) is 25.1 Å². The van der Waals surface area contributed by atoms with Gasteiger partial charge in [-0.2, -0.15) is 5.10 Å². The largest absolute Gasteiger partial charge is 0.335 e. The first kappa shape index (κ1) is 17.4. The topological polar surface area (TPSA) is 90.6 Å². The van der Waals surface area contributed by atoms with Crippen molar-refractivity contribution in [2.45, 2.75) is 46.5 Å². The Kier molecular flexibility index (Phi) is 3.66. The van der Waals surface area contributed by atoms with E-state index in [1.54, 1.807) is 18.1 Å². The fraction of sp³-hybridized carbons (Fsp3) is 0.524. The summed E-state index contributed by atoms with van der Waals surface area (Å²) >= 11 is 0. The van der Waals surface area contributed by atoms with Gasteiger partial charge in [0.25, 0.3) is 0 Å². The Labute approximate surface area is 164 Å². The van der Waals surface area contributed by atoms with Crippen LogP contribution in [0.5, 0.6) is 0 Å². The Morgan fingerprint density at radius 3 is 3.04 bits per heavy atom. The number of aromatic nitrogens is 5. The Bertz CT molecular complexity index is 1080. The van der Waals surface area contributed by atoms with Gasteiger partial charge in [-0.15, -0.1) is 0 Å². The summed E-state index contributed by atoms with van der Waals surface area (Å²) in [6.45, 7) is 6.46. The van der Waals surface area contributed by atoms with Crippen molar-refractivity contribution in [3.63, 3.8) is 0 Å². The van der Waals surface area contributed by atoms with E-state index >= 15 is 0 Å². The van der Waals surface area contributed by atoms with Gasteiger partial charge in [-0.25, -0.2) is 9.97 Å². The van der Waals surface area contributed by atoms with Crippen LogP contribution in [-0.4, -0.2) is 38.1 Å². The smallest absolute Gasteiger partial charge is 0.227 e. The molecule has 1 fully saturated rings. The standard InChI is InChI=1S/C21H26N6O/c1-11(2)5-17(28)27(4)13-7-15-19(22-10-13)24-20(23-15)18-14-6-12-8-21(12,3)9-16(14)25-26-18/h7,10-12H,5-6,8-9H2,1-4H3,(H,25,26)(H,22,23,24)/t12-,21-/m1/s1. The number of anilines is 1. The molecule has 3 aromatic rings. The van der Waals surface area contributed by atoms with Crippen LogP contribution in [0.3, 0.4) is 0 Å². The number of fused-ring (bicyclic) bond motifs is 3. The maximum absolute atomic E-state index is 12.4. The molecule has 5 rings (SSSR count). The lowest BCUT2D eigenvalue weighted by molar-refractivity contribution is -0.119. The molecule has 3 aromatic heterocycles. The van der Waals surface area contributed by atoms with Gasteiger partial charge in [-0.1, -0.05) is 20.8 Å². The fourth-order valence-electron chi connectivity index (χ4n) is 4.47. The molecule has 0 aromatic carbocycles. The highest BCUT2D eigenvalue weighted by Gasteiger charge is 2.53. The number of imidazole rings is 1. The van der Waals surface area contributed by atoms with E-state index in [-0.39, 0.29) is 5.91 Å². The normalized spacial score (nSPS) is 23.0. The van der Waals surface area contributed by atoms with Crippen molar-refractivity contribution in [1.29, 1.82) is 0 Å². The highest BCUT2D eigenvalue weighted by atomic mass is 16.2. The summed E-state index contributed by atoms with van der Waals surface area (Å²) < 4.78 is 0. The van der Waals surface area contributed by atoms with Crippen molar-refractivity contribution < 1.29 is 4.79 Å². The van der Waals surface area contributed by atoms with Crippen molar-refractivity contribution in [2.75, 3.05) is 11.9 Å². The maximum atomic E-state index is 12.4. The predicted octanol–water partition coefficient (Wildman–Crippen LogP) is 3.48. The molecule has 7 heteroatoms. The highest BCUT2D eigenvalue weighted by Crippen LogP contribution is 2.59. The van der Waals surface area contributed by atoms with E-state index in [0.717, 1.165) is 41.5 Å². The molecule has 0 saturated heterocycles. The molecule has 1 saturated carbocycles. The first-order valence-corrected chi connectivity index (χ1v) is 10.0. The molecular weight excluding hydrogens is 352 g/mol. The molecule has 3 heterocycles. The van der Waals surface area contributed by atoms with E-state index in [1.807, 2.05) is 19.9 Å². The minimum Gasteiger partial charge on any atom is -0.335 e. The number of carbonyl (C=O) groups is 1. The fourth-order valence-corrected chi connectivity index (χ4v) is 4.47. The average molecular weight is 378 g/mol. The van der Waals surface area contributed by atoms with E-state index in [4.69, 9.17) is 0 Å². The first-order chi connectivity index (χ1) is 13.3. The minimum atomic E-state index is 0.0877. The molecule has 28 heavy (non-hydrogen) atoms. The van der Waals surface area contributed by atoms with Crippen LogP contribution in [0.15, 0.2) is 12.3 Å². The van der Waals surface area contributed by atoms with Gasteiger partial charge in [-0.3, -0.25) is 9.89 Å². The zero-order valence-electron chi connectivity index (χ0n) is 16.8. The molecule has 0 radical (unpaired) electrons. The lowest BCUT2D eigenvalue weighted by Gasteiger charge is -2.17. The van der Waals surface area contributed by atoms with Crippen LogP contribution in [0.25, 0.3) is 22.7 Å². The van der Waals surface area contributed by atoms with Crippen LogP contribution in [-0.2, 0) is 17.6 Å². The number of hydrogen-bond acceptors (Lipinski definition) is 4. The number of rotatable bonds is 4. The number of H-pyrrole nitrogens is 2. The molecule has 146 valence electrons. The Morgan fingerprint density at radius 2 is 2.25 bits per heavy atom. The van der Waals surface area contributed by atoms with E-state index < -0.39 is 0 Å². The second-order valence-electron chi connectivity index (χ2n) is 9.17. The number of hydrogen-bond donors (Lipinski definition) is 2. The summed E-state index contributed by atoms with van der Waals surface area (Å²) in [7, 11) is 1.79. The maximum Gasteiger partial charge on any atom is 0.227 e. The summed E-state index contributed by atoms with van der Waals surface area (Å²) in [5.41, 5.74) is 6.16. The molecule has 0 spiro atoms. The van der Waals surface area contributed by atoms with Crippen molar-refractivity contribution in [3.05, 3.63) is 23.5 Å². The Balaban J connectivity index is 1.46. The van der Waals surface area contributed by atoms with Gasteiger partial charge in [0, 0.05) is 24.7 Å². The molecule has 2 aliphatic rings. The second kappa shape index (κ2) is 5.90. The van der Waals surface area contributed by atoms with Crippen LogP contribution in [0.1, 0.15) is 44.9 Å². The van der Waals surface area contributed by atoms with Gasteiger partial charge >= 0.3 is 0 Å². The van der Waals surface area contributed by atoms with Crippen LogP contribution < -0.4 is 4.90 Å². The third-order valence-corrected chi connectivity index (χ3v) is 6.41. The zero-order chi connectivity index (χ0) is 19.6. The molecule has 2 atom stereocenters. The molecule has 1 amide bonds. The third-order valence-electron chi connectivity index (χ3n) is 6.41. The predicted molar refractivity (Wildman–Crippen MR) is 108 cm³/mol. The molecule has 0 aliphatic heterocycles. The van der Waals surface area contributed by atoms with Crippen LogP contribution >= 0.6 is 0 Å². The average Bonchev–Trinajstić information content (AvgIpc) is 2.97. The van der Waals surface area contributed by atoms with E-state index in [0.29, 0.717) is 23.4 Å². The van der Waals surface area contributed by atoms with Crippen LogP contribution in [0.2, 0.25) is 0 Å². The van der Waals surface area contributed by atoms with Crippen LogP contribution in [0.4, 0.5) is 5.69 Å². The van der Waals surface area contributed by atoms with Gasteiger partial charge in [0.05, 0.1) is 17.4 Å². The highest BCUT2D eigenvalue weighted by molar-refractivity contribution is 5.94. The summed E-state index contributed by atoms with van der Waals surface area (Å²) in [4.78, 5) is 26.5. The van der Waals surface area contributed by atoms with Gasteiger partial charge in [0.1, 0.15) is 5.69 Å². The summed E-state index contributed by atoms with van der Waals surface area (Å²) in [5, 5.41) is 7.79. The second-order valence-corrected chi connectivity index (χ2v) is 9.17. The molecule has 0 bridgehead atoms. The number of nitrogens with zero attached hydrogens (tertiary/aromatic N) is 4. The Hall–Kier alpha value is -2.70. The van der Waals surface area contributed by atoms with Gasteiger partial charge in [-0.05, 0) is 42.6 Å². The molecule has 7 nitrogen and oxygen atoms in total. The lowest BCUT2D eigenvalue weighted by atomic mass is 9.88. The minimum absolute atomic E-state index is 0.0877. The number of carbonyl (C=O) groups excluding carboxylic acids is 1. The molecule has 2 N–H and O–H groups in total. The van der Waals surface area contributed by atoms with Crippen molar-refractivity contribution in [2.24, 2.45) is 17.3 Å². The van der Waals surface area contributed by atoms with E-state index in [2.05, 4.69) is 32.1 Å². The Morgan fingerprint density at radius 1 is 1.43 bits per heavy atom. The quantitative estimate of drug-likeness (QED) is 0.727.